The van der Waals surface area contributed by atoms with Crippen LogP contribution in [0.25, 0.3) is 10.9 Å². The fourth-order valence-electron chi connectivity index (χ4n) is 9.62. The number of pyridine rings is 2. The molecule has 0 spiro atoms. The normalized spacial score (nSPS) is 22.3. The number of amides is 4. The number of carbonyl (C=O) groups excluding carboxylic acids is 4. The molecule has 9 rings (SSSR count). The van der Waals surface area contributed by atoms with E-state index < -0.39 is 11.9 Å². The van der Waals surface area contributed by atoms with E-state index in [1.54, 1.807) is 21.7 Å². The number of likely N-dealkylation sites (N-methyl/N-ethyl adjacent to an activating group) is 1. The second-order valence-corrected chi connectivity index (χ2v) is 17.9. The van der Waals surface area contributed by atoms with E-state index in [9.17, 15) is 24.0 Å². The fraction of sp³-hybridized carbons (Fsp3) is 0.511. The zero-order chi connectivity index (χ0) is 43.9. The van der Waals surface area contributed by atoms with E-state index >= 15 is 0 Å². The third-order valence-corrected chi connectivity index (χ3v) is 13.5. The van der Waals surface area contributed by atoms with Crippen molar-refractivity contribution in [1.29, 1.82) is 0 Å². The third kappa shape index (κ3) is 8.82. The van der Waals surface area contributed by atoms with E-state index in [1.807, 2.05) is 44.2 Å². The molecule has 3 aromatic heterocycles. The van der Waals surface area contributed by atoms with Gasteiger partial charge >= 0.3 is 0 Å². The van der Waals surface area contributed by atoms with Crippen LogP contribution in [-0.2, 0) is 25.7 Å². The van der Waals surface area contributed by atoms with Crippen molar-refractivity contribution < 1.29 is 28.7 Å². The van der Waals surface area contributed by atoms with Gasteiger partial charge in [-0.2, -0.15) is 4.98 Å². The van der Waals surface area contributed by atoms with Crippen LogP contribution in [0.15, 0.2) is 47.4 Å². The number of hydrogen-bond donors (Lipinski definition) is 3. The Balaban J connectivity index is 0.739. The average molecular weight is 881 g/mol. The van der Waals surface area contributed by atoms with Gasteiger partial charge in [0.25, 0.3) is 17.4 Å². The topological polar surface area (TPSA) is 193 Å². The molecule has 63 heavy (non-hydrogen) atoms. The minimum Gasteiger partial charge on any atom is -0.478 e. The molecule has 5 aliphatic rings. The van der Waals surface area contributed by atoms with Gasteiger partial charge in [0.15, 0.2) is 18.2 Å². The molecule has 1 saturated carbocycles. The van der Waals surface area contributed by atoms with Crippen molar-refractivity contribution in [2.24, 2.45) is 0 Å². The molecule has 332 valence electrons. The summed E-state index contributed by atoms with van der Waals surface area (Å²) < 4.78 is 13.9. The number of halogens is 1. The quantitative estimate of drug-likeness (QED) is 0.169. The Morgan fingerprint density at radius 3 is 2.46 bits per heavy atom. The van der Waals surface area contributed by atoms with Crippen LogP contribution in [0.4, 0.5) is 17.5 Å². The van der Waals surface area contributed by atoms with Crippen LogP contribution >= 0.6 is 11.6 Å². The fourth-order valence-corrected chi connectivity index (χ4v) is 9.75. The molecular formula is C45H53ClN10O7. The van der Waals surface area contributed by atoms with Crippen LogP contribution in [0.2, 0.25) is 5.02 Å². The van der Waals surface area contributed by atoms with Crippen molar-refractivity contribution in [2.45, 2.75) is 108 Å². The van der Waals surface area contributed by atoms with Gasteiger partial charge in [-0.05, 0) is 108 Å². The number of piperidine rings is 3. The number of nitrogens with one attached hydrogen (secondary N) is 3. The smallest absolute Gasteiger partial charge is 0.293 e. The van der Waals surface area contributed by atoms with Crippen molar-refractivity contribution >= 4 is 63.6 Å². The Labute approximate surface area is 369 Å². The number of carbonyl (C=O) groups is 4. The highest BCUT2D eigenvalue weighted by Crippen LogP contribution is 2.37. The summed E-state index contributed by atoms with van der Waals surface area (Å²) in [5.74, 6) is 0.246. The monoisotopic (exact) mass is 880 g/mol. The van der Waals surface area contributed by atoms with E-state index in [-0.39, 0.29) is 60.3 Å². The van der Waals surface area contributed by atoms with Crippen LogP contribution in [-0.4, -0.2) is 117 Å². The Kier molecular flexibility index (Phi) is 12.1. The van der Waals surface area contributed by atoms with Gasteiger partial charge in [0.2, 0.25) is 17.8 Å². The summed E-state index contributed by atoms with van der Waals surface area (Å²) in [6, 6.07) is 10.9. The molecular weight excluding hydrogens is 828 g/mol. The number of likely N-dealkylation sites (tertiary alicyclic amines) is 1. The van der Waals surface area contributed by atoms with Gasteiger partial charge in [-0.3, -0.25) is 34.3 Å². The van der Waals surface area contributed by atoms with E-state index in [0.29, 0.717) is 53.0 Å². The Hall–Kier alpha value is -5.65. The molecule has 4 aromatic rings. The number of benzene rings is 1. The third-order valence-electron chi connectivity index (χ3n) is 13.2. The number of rotatable bonds is 12. The van der Waals surface area contributed by atoms with Gasteiger partial charge < -0.3 is 39.4 Å². The van der Waals surface area contributed by atoms with Crippen molar-refractivity contribution in [3.63, 3.8) is 0 Å². The molecule has 4 amide bonds. The van der Waals surface area contributed by atoms with Crippen LogP contribution in [0.1, 0.15) is 98.9 Å². The molecule has 3 N–H and O–H groups in total. The number of fused-ring (bicyclic) bond motifs is 2. The molecule has 1 atom stereocenters. The summed E-state index contributed by atoms with van der Waals surface area (Å²) in [5.41, 5.74) is 3.43. The summed E-state index contributed by atoms with van der Waals surface area (Å²) in [4.78, 5) is 82.9. The second-order valence-electron chi connectivity index (χ2n) is 17.5. The van der Waals surface area contributed by atoms with E-state index in [2.05, 4.69) is 30.7 Å². The SMILES string of the molecule is CNC(=O)COc1cc2cc(Nc3nc(N4CCC(O[C@H]5C[C@H](N6CCC(c7ccc8c(n7)CN(C7CCC(=O)NC7=O)C8=O)CC6)C5)CC4)ncc3Cl)ccc2n(C(C)C)c1=O. The first kappa shape index (κ1) is 42.6. The summed E-state index contributed by atoms with van der Waals surface area (Å²) in [7, 11) is 1.51. The zero-order valence-electron chi connectivity index (χ0n) is 35.8. The average Bonchev–Trinajstić information content (AvgIpc) is 3.59. The van der Waals surface area contributed by atoms with Gasteiger partial charge in [0, 0.05) is 61.3 Å². The van der Waals surface area contributed by atoms with Gasteiger partial charge in [0.1, 0.15) is 11.1 Å². The maximum atomic E-state index is 13.2. The highest BCUT2D eigenvalue weighted by Gasteiger charge is 2.41. The standard InChI is InChI=1S/C45H53ClN10O7/c1-25(2)56-36-7-4-28(18-27(36)19-38(44(56)61)62-24-40(58)47-3)49-41-33(46)22-48-45(52-41)54-16-12-30(13-17-54)63-31-20-29(21-31)53-14-10-26(11-15-53)34-6-5-32-35(50-34)23-55(43(32)60)37-8-9-39(57)51-42(37)59/h4-7,18-19,22,25-26,29-31,37H,8-17,20-21,23-24H2,1-3H3,(H,47,58)(H,48,49,52)(H,51,57,59)/t29-,31-,37?. The number of hydrogen-bond acceptors (Lipinski definition) is 13. The minimum atomic E-state index is -0.637. The minimum absolute atomic E-state index is 0.0936. The highest BCUT2D eigenvalue weighted by molar-refractivity contribution is 6.33. The zero-order valence-corrected chi connectivity index (χ0v) is 36.5. The number of ether oxygens (including phenoxy) is 2. The van der Waals surface area contributed by atoms with Gasteiger partial charge in [-0.1, -0.05) is 11.6 Å². The van der Waals surface area contributed by atoms with Crippen LogP contribution in [0.3, 0.4) is 0 Å². The summed E-state index contributed by atoms with van der Waals surface area (Å²) in [5, 5.41) is 9.33. The molecule has 17 nitrogen and oxygen atoms in total. The predicted molar refractivity (Wildman–Crippen MR) is 235 cm³/mol. The number of nitrogens with zero attached hydrogens (tertiary/aromatic N) is 7. The summed E-state index contributed by atoms with van der Waals surface area (Å²) in [6.45, 7) is 7.39. The molecule has 3 saturated heterocycles. The molecule has 4 fully saturated rings. The van der Waals surface area contributed by atoms with Gasteiger partial charge in [-0.15, -0.1) is 0 Å². The molecule has 4 aliphatic heterocycles. The van der Waals surface area contributed by atoms with Gasteiger partial charge in [0.05, 0.1) is 41.7 Å². The molecule has 1 unspecified atom stereocenters. The van der Waals surface area contributed by atoms with Crippen LogP contribution < -0.4 is 31.1 Å². The Morgan fingerprint density at radius 1 is 0.952 bits per heavy atom. The molecule has 1 aliphatic carbocycles. The van der Waals surface area contributed by atoms with E-state index in [1.165, 1.54) is 7.05 Å². The lowest BCUT2D eigenvalue weighted by Crippen LogP contribution is -2.52. The lowest BCUT2D eigenvalue weighted by molar-refractivity contribution is -0.137. The predicted octanol–water partition coefficient (Wildman–Crippen LogP) is 4.45. The van der Waals surface area contributed by atoms with E-state index in [0.717, 1.165) is 87.0 Å². The molecule has 7 heterocycles. The van der Waals surface area contributed by atoms with Crippen molar-refractivity contribution in [3.05, 3.63) is 74.9 Å². The summed E-state index contributed by atoms with van der Waals surface area (Å²) >= 11 is 6.60. The maximum Gasteiger partial charge on any atom is 0.293 e. The summed E-state index contributed by atoms with van der Waals surface area (Å²) in [6.07, 6.45) is 8.43. The largest absolute Gasteiger partial charge is 0.478 e. The maximum absolute atomic E-state index is 13.2. The number of imide groups is 1. The molecule has 0 radical (unpaired) electrons. The first-order chi connectivity index (χ1) is 30.4. The van der Waals surface area contributed by atoms with Crippen molar-refractivity contribution in [1.82, 2.24) is 40.0 Å². The van der Waals surface area contributed by atoms with E-state index in [4.69, 9.17) is 31.0 Å². The number of anilines is 3. The number of aromatic nitrogens is 4. The first-order valence-electron chi connectivity index (χ1n) is 22.0. The van der Waals surface area contributed by atoms with Crippen molar-refractivity contribution in [3.8, 4) is 5.75 Å². The molecule has 18 heteroatoms. The molecule has 1 aromatic carbocycles. The lowest BCUT2D eigenvalue weighted by atomic mass is 9.84. The Bertz CT molecular complexity index is 2490. The molecule has 0 bridgehead atoms. The highest BCUT2D eigenvalue weighted by atomic mass is 35.5. The van der Waals surface area contributed by atoms with Crippen molar-refractivity contribution in [2.75, 3.05) is 50.1 Å². The lowest BCUT2D eigenvalue weighted by Gasteiger charge is -2.47. The second kappa shape index (κ2) is 17.8. The van der Waals surface area contributed by atoms with Gasteiger partial charge in [-0.25, -0.2) is 4.98 Å². The first-order valence-corrected chi connectivity index (χ1v) is 22.4. The Morgan fingerprint density at radius 2 is 1.73 bits per heavy atom. The van der Waals surface area contributed by atoms with Crippen LogP contribution in [0.5, 0.6) is 5.75 Å². The van der Waals surface area contributed by atoms with Crippen LogP contribution in [0, 0.1) is 0 Å².